The molecule has 5 rings (SSSR count). The Kier molecular flexibility index (Phi) is 8.73. The molecule has 2 aliphatic heterocycles. The Morgan fingerprint density at radius 2 is 1.98 bits per heavy atom. The average molecular weight is 587 g/mol. The Hall–Kier alpha value is -3.65. The van der Waals surface area contributed by atoms with Gasteiger partial charge in [-0.1, -0.05) is 18.9 Å². The monoisotopic (exact) mass is 586 g/mol. The van der Waals surface area contributed by atoms with Gasteiger partial charge in [0.25, 0.3) is 0 Å². The van der Waals surface area contributed by atoms with Gasteiger partial charge in [-0.2, -0.15) is 4.98 Å². The highest BCUT2D eigenvalue weighted by atomic mass is 19.1. The quantitative estimate of drug-likeness (QED) is 0.347. The Labute approximate surface area is 244 Å². The number of rotatable bonds is 11. The Morgan fingerprint density at radius 3 is 2.69 bits per heavy atom. The molecular weight excluding hydrogens is 546 g/mol. The summed E-state index contributed by atoms with van der Waals surface area (Å²) in [4.78, 5) is 26.4. The molecule has 0 bridgehead atoms. The summed E-state index contributed by atoms with van der Waals surface area (Å²) in [7, 11) is 1.50. The van der Waals surface area contributed by atoms with Crippen LogP contribution in [-0.4, -0.2) is 90.0 Å². The first-order valence-corrected chi connectivity index (χ1v) is 14.6. The third-order valence-electron chi connectivity index (χ3n) is 8.39. The maximum absolute atomic E-state index is 15.4. The van der Waals surface area contributed by atoms with Crippen molar-refractivity contribution < 1.29 is 13.5 Å². The van der Waals surface area contributed by atoms with Crippen molar-refractivity contribution in [2.24, 2.45) is 7.05 Å². The average Bonchev–Trinajstić information content (AvgIpc) is 3.56. The van der Waals surface area contributed by atoms with Crippen molar-refractivity contribution in [3.05, 3.63) is 40.4 Å². The van der Waals surface area contributed by atoms with E-state index in [2.05, 4.69) is 68.4 Å². The van der Waals surface area contributed by atoms with Gasteiger partial charge in [-0.15, -0.1) is 4.80 Å². The fourth-order valence-electron chi connectivity index (χ4n) is 6.19. The van der Waals surface area contributed by atoms with Gasteiger partial charge in [0.2, 0.25) is 5.95 Å². The number of nitrogens with one attached hydrogen (secondary N) is 2. The van der Waals surface area contributed by atoms with Crippen LogP contribution in [0.15, 0.2) is 23.1 Å². The van der Waals surface area contributed by atoms with Crippen molar-refractivity contribution in [3.63, 3.8) is 0 Å². The second-order valence-corrected chi connectivity index (χ2v) is 11.6. The predicted molar refractivity (Wildman–Crippen MR) is 156 cm³/mol. The van der Waals surface area contributed by atoms with Crippen LogP contribution in [0.1, 0.15) is 53.4 Å². The van der Waals surface area contributed by atoms with Gasteiger partial charge in [-0.05, 0) is 70.4 Å². The fourth-order valence-corrected chi connectivity index (χ4v) is 6.19. The number of piperidine rings is 1. The van der Waals surface area contributed by atoms with Crippen LogP contribution in [0.3, 0.4) is 0 Å². The Balaban J connectivity index is 1.39. The smallest absolute Gasteiger partial charge is 0.383 e. The van der Waals surface area contributed by atoms with Gasteiger partial charge in [0.15, 0.2) is 17.5 Å². The molecule has 0 amide bonds. The lowest BCUT2D eigenvalue weighted by Gasteiger charge is -2.47. The van der Waals surface area contributed by atoms with Gasteiger partial charge in [0, 0.05) is 37.3 Å². The van der Waals surface area contributed by atoms with E-state index < -0.39 is 17.3 Å². The fraction of sp³-hybridized carbons (Fsp3) is 0.607. The lowest BCUT2D eigenvalue weighted by Crippen LogP contribution is -2.55. The molecule has 2 aliphatic rings. The molecule has 2 atom stereocenters. The van der Waals surface area contributed by atoms with Gasteiger partial charge in [0.05, 0.1) is 11.9 Å². The van der Waals surface area contributed by atoms with Crippen molar-refractivity contribution in [2.75, 3.05) is 43.4 Å². The third kappa shape index (κ3) is 6.24. The highest BCUT2D eigenvalue weighted by Gasteiger charge is 2.43. The number of hydrogen-bond acceptors (Lipinski definition) is 10. The largest absolute Gasteiger partial charge is 0.490 e. The zero-order chi connectivity index (χ0) is 30.0. The van der Waals surface area contributed by atoms with Gasteiger partial charge in [0.1, 0.15) is 18.0 Å². The molecule has 14 heteroatoms. The normalized spacial score (nSPS) is 20.1. The number of ether oxygens (including phenoxy) is 1. The number of nitrogens with zero attached hydrogens (tertiary/aromatic N) is 8. The van der Waals surface area contributed by atoms with Crippen LogP contribution in [0.4, 0.5) is 26.2 Å². The van der Waals surface area contributed by atoms with Gasteiger partial charge in [-0.3, -0.25) is 4.90 Å². The minimum Gasteiger partial charge on any atom is -0.490 e. The summed E-state index contributed by atoms with van der Waals surface area (Å²) in [5.41, 5.74) is -0.284. The van der Waals surface area contributed by atoms with Crippen LogP contribution < -0.4 is 21.1 Å². The first-order chi connectivity index (χ1) is 20.1. The summed E-state index contributed by atoms with van der Waals surface area (Å²) >= 11 is 0. The lowest BCUT2D eigenvalue weighted by molar-refractivity contribution is 0.0500. The molecule has 42 heavy (non-hydrogen) atoms. The van der Waals surface area contributed by atoms with E-state index in [0.29, 0.717) is 24.9 Å². The second kappa shape index (κ2) is 12.3. The molecule has 0 unspecified atom stereocenters. The molecule has 2 fully saturated rings. The number of anilines is 3. The first-order valence-electron chi connectivity index (χ1n) is 14.6. The number of fused-ring (bicyclic) bond motifs is 1. The molecule has 0 radical (unpaired) electrons. The molecule has 0 saturated carbocycles. The molecule has 3 aromatic rings. The highest BCUT2D eigenvalue weighted by Crippen LogP contribution is 2.38. The van der Waals surface area contributed by atoms with E-state index in [9.17, 15) is 9.18 Å². The Bertz CT molecular complexity index is 1450. The van der Waals surface area contributed by atoms with E-state index in [-0.39, 0.29) is 34.8 Å². The zero-order valence-electron chi connectivity index (χ0n) is 24.9. The maximum Gasteiger partial charge on any atom is 0.383 e. The van der Waals surface area contributed by atoms with E-state index in [1.807, 2.05) is 0 Å². The van der Waals surface area contributed by atoms with Crippen LogP contribution in [0.5, 0.6) is 5.75 Å². The van der Waals surface area contributed by atoms with Crippen molar-refractivity contribution in [3.8, 4) is 11.4 Å². The van der Waals surface area contributed by atoms with Gasteiger partial charge < -0.3 is 20.3 Å². The van der Waals surface area contributed by atoms with E-state index in [4.69, 9.17) is 4.74 Å². The van der Waals surface area contributed by atoms with Crippen molar-refractivity contribution >= 4 is 17.5 Å². The summed E-state index contributed by atoms with van der Waals surface area (Å²) in [5.74, 6) is -0.948. The topological polar surface area (TPSA) is 118 Å². The number of tetrazole rings is 1. The standard InChI is InChI=1S/C28H40F2N10O2/c1-6-38(7-2)11-12-42-24-14-20(29)22(15-23(24)40-36-35-27(41)37(40)5)33-26-31-17-21(30)25(34-26)32-18-13-19-9-8-10-39(19)28(3,4)16-18/h14-15,17-19H,6-13,16H2,1-5H3,(H2,31,32,33,34)/t18-,19+/m1/s1. The van der Waals surface area contributed by atoms with Crippen LogP contribution in [0.25, 0.3) is 5.69 Å². The molecule has 2 saturated heterocycles. The summed E-state index contributed by atoms with van der Waals surface area (Å²) in [5, 5.41) is 13.6. The van der Waals surface area contributed by atoms with E-state index in [1.165, 1.54) is 35.1 Å². The molecule has 2 N–H and O–H groups in total. The van der Waals surface area contributed by atoms with Crippen LogP contribution in [-0.2, 0) is 7.05 Å². The summed E-state index contributed by atoms with van der Waals surface area (Å²) in [6.07, 6.45) is 5.12. The van der Waals surface area contributed by atoms with Crippen LogP contribution in [0, 0.1) is 11.6 Å². The molecule has 228 valence electrons. The molecule has 1 aromatic carbocycles. The second-order valence-electron chi connectivity index (χ2n) is 11.6. The minimum absolute atomic E-state index is 0.00185. The maximum atomic E-state index is 15.4. The summed E-state index contributed by atoms with van der Waals surface area (Å²) in [6.45, 7) is 12.3. The molecule has 12 nitrogen and oxygen atoms in total. The Morgan fingerprint density at radius 1 is 1.19 bits per heavy atom. The van der Waals surface area contributed by atoms with Gasteiger partial charge >= 0.3 is 5.69 Å². The number of hydrogen-bond donors (Lipinski definition) is 2. The number of halogens is 2. The molecule has 0 aliphatic carbocycles. The zero-order valence-corrected chi connectivity index (χ0v) is 24.9. The predicted octanol–water partition coefficient (Wildman–Crippen LogP) is 3.32. The molecule has 0 spiro atoms. The molecular formula is C28H40F2N10O2. The highest BCUT2D eigenvalue weighted by molar-refractivity contribution is 5.63. The van der Waals surface area contributed by atoms with Crippen LogP contribution in [0.2, 0.25) is 0 Å². The number of benzene rings is 1. The minimum atomic E-state index is -0.639. The third-order valence-corrected chi connectivity index (χ3v) is 8.39. The van der Waals surface area contributed by atoms with Crippen molar-refractivity contribution in [2.45, 2.75) is 71.0 Å². The number of aromatic nitrogens is 6. The lowest BCUT2D eigenvalue weighted by atomic mass is 9.84. The summed E-state index contributed by atoms with van der Waals surface area (Å²) < 4.78 is 37.4. The first kappa shape index (κ1) is 29.8. The SMILES string of the molecule is CCN(CC)CCOc1cc(F)c(Nc2ncc(F)c(N[C@@H]3C[C@@H]4CCCN4C(C)(C)C3)n2)cc1-n1nnc(=O)n1C. The van der Waals surface area contributed by atoms with Gasteiger partial charge in [-0.25, -0.2) is 23.2 Å². The van der Waals surface area contributed by atoms with E-state index >= 15 is 4.39 Å². The van der Waals surface area contributed by atoms with E-state index in [1.54, 1.807) is 0 Å². The molecule has 2 aromatic heterocycles. The van der Waals surface area contributed by atoms with E-state index in [0.717, 1.165) is 45.1 Å². The molecule has 4 heterocycles. The van der Waals surface area contributed by atoms with Crippen molar-refractivity contribution in [1.82, 2.24) is 39.6 Å². The number of likely N-dealkylation sites (N-methyl/N-ethyl adjacent to an activating group) is 1. The van der Waals surface area contributed by atoms with Crippen molar-refractivity contribution in [1.29, 1.82) is 0 Å². The van der Waals surface area contributed by atoms with Crippen LogP contribution >= 0.6 is 0 Å². The summed E-state index contributed by atoms with van der Waals surface area (Å²) in [6, 6.07) is 3.16.